The van der Waals surface area contributed by atoms with Crippen molar-refractivity contribution in [3.8, 4) is 0 Å². The minimum Gasteiger partial charge on any atom is -0.361 e. The summed E-state index contributed by atoms with van der Waals surface area (Å²) in [4.78, 5) is 19.6. The number of H-pyrrole nitrogens is 2. The Hall–Kier alpha value is -3.48. The van der Waals surface area contributed by atoms with Gasteiger partial charge in [0.15, 0.2) is 0 Å². The van der Waals surface area contributed by atoms with E-state index in [-0.39, 0.29) is 0 Å². The molecule has 3 aromatic heterocycles. The molecule has 3 heterocycles. The summed E-state index contributed by atoms with van der Waals surface area (Å²) in [7, 11) is 0. The lowest BCUT2D eigenvalue weighted by Crippen LogP contribution is -2.44. The fourth-order valence-electron chi connectivity index (χ4n) is 6.80. The summed E-state index contributed by atoms with van der Waals surface area (Å²) in [6, 6.07) is 22.8. The number of rotatable bonds is 7. The van der Waals surface area contributed by atoms with Crippen molar-refractivity contribution in [2.75, 3.05) is 0 Å². The number of para-hydroxylation sites is 3. The Bertz CT molecular complexity index is 1490. The van der Waals surface area contributed by atoms with Crippen molar-refractivity contribution in [1.82, 2.24) is 30.2 Å². The van der Waals surface area contributed by atoms with Gasteiger partial charge in [0.25, 0.3) is 0 Å². The van der Waals surface area contributed by atoms with Gasteiger partial charge in [-0.2, -0.15) is 0 Å². The first-order valence-electron chi connectivity index (χ1n) is 14.2. The molecular formula is C32H36N6. The second-order valence-corrected chi connectivity index (χ2v) is 11.1. The van der Waals surface area contributed by atoms with Crippen LogP contribution in [0.25, 0.3) is 21.9 Å². The zero-order valence-corrected chi connectivity index (χ0v) is 21.9. The number of aryl methyl sites for hydroxylation is 1. The molecule has 7 rings (SSSR count). The minimum atomic E-state index is 0.355. The number of aromatic nitrogens is 4. The van der Waals surface area contributed by atoms with Crippen molar-refractivity contribution in [2.24, 2.45) is 0 Å². The quantitative estimate of drug-likeness (QED) is 0.239. The molecule has 5 aromatic rings. The van der Waals surface area contributed by atoms with Gasteiger partial charge in [0.2, 0.25) is 0 Å². The Labute approximate surface area is 223 Å². The molecule has 0 saturated heterocycles. The summed E-state index contributed by atoms with van der Waals surface area (Å²) < 4.78 is 0. The van der Waals surface area contributed by atoms with Crippen LogP contribution in [-0.2, 0) is 19.5 Å². The number of aromatic amines is 2. The molecule has 1 saturated carbocycles. The molecule has 2 aliphatic rings. The lowest BCUT2D eigenvalue weighted by atomic mass is 9.85. The molecule has 2 aromatic carbocycles. The zero-order valence-electron chi connectivity index (χ0n) is 21.9. The molecule has 6 heteroatoms. The summed E-state index contributed by atoms with van der Waals surface area (Å²) in [5, 5.41) is 5.20. The average molecular weight is 505 g/mol. The van der Waals surface area contributed by atoms with E-state index in [1.807, 2.05) is 6.20 Å². The largest absolute Gasteiger partial charge is 0.361 e. The molecule has 0 aliphatic heterocycles. The number of nitrogens with zero attached hydrogens (tertiary/aromatic N) is 3. The summed E-state index contributed by atoms with van der Waals surface area (Å²) in [5.74, 6) is 1.06. The first-order chi connectivity index (χ1) is 18.8. The van der Waals surface area contributed by atoms with Crippen LogP contribution in [0.1, 0.15) is 67.2 Å². The number of pyridine rings is 1. The van der Waals surface area contributed by atoms with Crippen LogP contribution in [0.2, 0.25) is 0 Å². The second-order valence-electron chi connectivity index (χ2n) is 11.1. The van der Waals surface area contributed by atoms with E-state index in [0.29, 0.717) is 18.1 Å². The molecular weight excluding hydrogens is 468 g/mol. The predicted octanol–water partition coefficient (Wildman–Crippen LogP) is 6.42. The Kier molecular flexibility index (Phi) is 6.44. The van der Waals surface area contributed by atoms with E-state index in [4.69, 9.17) is 9.97 Å². The molecule has 3 N–H and O–H groups in total. The molecule has 0 bridgehead atoms. The van der Waals surface area contributed by atoms with Crippen molar-refractivity contribution >= 4 is 21.9 Å². The van der Waals surface area contributed by atoms with E-state index in [1.165, 1.54) is 66.2 Å². The van der Waals surface area contributed by atoms with Gasteiger partial charge >= 0.3 is 0 Å². The second kappa shape index (κ2) is 10.4. The van der Waals surface area contributed by atoms with Crippen molar-refractivity contribution in [3.05, 3.63) is 95.7 Å². The van der Waals surface area contributed by atoms with Crippen LogP contribution in [0.15, 0.2) is 73.1 Å². The molecule has 0 amide bonds. The third-order valence-electron chi connectivity index (χ3n) is 8.76. The number of imidazole rings is 1. The average Bonchev–Trinajstić information content (AvgIpc) is 3.58. The molecule has 0 radical (unpaired) electrons. The topological polar surface area (TPSA) is 72.6 Å². The van der Waals surface area contributed by atoms with Crippen LogP contribution in [0, 0.1) is 0 Å². The smallest absolute Gasteiger partial charge is 0.121 e. The van der Waals surface area contributed by atoms with Crippen molar-refractivity contribution in [2.45, 2.75) is 76.2 Å². The van der Waals surface area contributed by atoms with Gasteiger partial charge in [0.05, 0.1) is 29.3 Å². The van der Waals surface area contributed by atoms with Gasteiger partial charge in [-0.1, -0.05) is 36.4 Å². The highest BCUT2D eigenvalue weighted by Crippen LogP contribution is 2.38. The molecule has 1 unspecified atom stereocenters. The summed E-state index contributed by atoms with van der Waals surface area (Å²) in [6.45, 7) is 1.76. The Morgan fingerprint density at radius 2 is 1.74 bits per heavy atom. The van der Waals surface area contributed by atoms with E-state index in [0.717, 1.165) is 36.4 Å². The highest BCUT2D eigenvalue weighted by molar-refractivity contribution is 5.83. The van der Waals surface area contributed by atoms with E-state index < -0.39 is 0 Å². The number of nitrogens with one attached hydrogen (secondary N) is 3. The van der Waals surface area contributed by atoms with Crippen LogP contribution in [0.5, 0.6) is 0 Å². The van der Waals surface area contributed by atoms with E-state index in [2.05, 4.69) is 87.0 Å². The summed E-state index contributed by atoms with van der Waals surface area (Å²) >= 11 is 0. The fraction of sp³-hybridized carbons (Fsp3) is 0.375. The maximum absolute atomic E-state index is 4.96. The normalized spacial score (nSPS) is 21.8. The van der Waals surface area contributed by atoms with Gasteiger partial charge in [-0.3, -0.25) is 9.88 Å². The lowest BCUT2D eigenvalue weighted by Gasteiger charge is -2.42. The molecule has 1 fully saturated rings. The number of fused-ring (bicyclic) bond motifs is 3. The van der Waals surface area contributed by atoms with Crippen LogP contribution >= 0.6 is 0 Å². The maximum atomic E-state index is 4.96. The molecule has 2 aliphatic carbocycles. The molecule has 1 atom stereocenters. The third kappa shape index (κ3) is 4.63. The highest BCUT2D eigenvalue weighted by atomic mass is 15.2. The maximum Gasteiger partial charge on any atom is 0.121 e. The number of hydrogen-bond donors (Lipinski definition) is 3. The van der Waals surface area contributed by atoms with Crippen LogP contribution in [0.4, 0.5) is 0 Å². The standard InChI is InChI=1S/C32H36N6/c1-2-10-27-26(9-1)23(20-35-27)19-34-24-14-16-25(17-15-24)38(21-31-36-28-11-3-4-12-29(28)37-31)30-13-5-7-22-8-6-18-33-32(22)30/h1-4,6,8-12,18,20,24-25,30,34-35H,5,7,13-17,19,21H2,(H,36,37)/t24-,25-,30?. The van der Waals surface area contributed by atoms with E-state index in [9.17, 15) is 0 Å². The minimum absolute atomic E-state index is 0.355. The van der Waals surface area contributed by atoms with E-state index in [1.54, 1.807) is 0 Å². The van der Waals surface area contributed by atoms with Gasteiger partial charge in [0, 0.05) is 41.9 Å². The summed E-state index contributed by atoms with van der Waals surface area (Å²) in [5.41, 5.74) is 7.46. The van der Waals surface area contributed by atoms with Gasteiger partial charge < -0.3 is 15.3 Å². The van der Waals surface area contributed by atoms with Crippen LogP contribution in [0.3, 0.4) is 0 Å². The Morgan fingerprint density at radius 1 is 0.895 bits per heavy atom. The van der Waals surface area contributed by atoms with Gasteiger partial charge in [0.1, 0.15) is 5.82 Å². The highest BCUT2D eigenvalue weighted by Gasteiger charge is 2.34. The Balaban J connectivity index is 1.08. The molecule has 6 nitrogen and oxygen atoms in total. The zero-order chi connectivity index (χ0) is 25.3. The van der Waals surface area contributed by atoms with Crippen molar-refractivity contribution in [1.29, 1.82) is 0 Å². The van der Waals surface area contributed by atoms with Gasteiger partial charge in [-0.25, -0.2) is 4.98 Å². The molecule has 194 valence electrons. The lowest BCUT2D eigenvalue weighted by molar-refractivity contribution is 0.0729. The number of hydrogen-bond acceptors (Lipinski definition) is 4. The van der Waals surface area contributed by atoms with Crippen LogP contribution < -0.4 is 5.32 Å². The predicted molar refractivity (Wildman–Crippen MR) is 153 cm³/mol. The molecule has 38 heavy (non-hydrogen) atoms. The molecule has 0 spiro atoms. The van der Waals surface area contributed by atoms with Crippen LogP contribution in [-0.4, -0.2) is 36.9 Å². The van der Waals surface area contributed by atoms with Crippen molar-refractivity contribution in [3.63, 3.8) is 0 Å². The number of benzene rings is 2. The monoisotopic (exact) mass is 504 g/mol. The van der Waals surface area contributed by atoms with E-state index >= 15 is 0 Å². The van der Waals surface area contributed by atoms with Crippen molar-refractivity contribution < 1.29 is 0 Å². The third-order valence-corrected chi connectivity index (χ3v) is 8.76. The first-order valence-corrected chi connectivity index (χ1v) is 14.2. The Morgan fingerprint density at radius 3 is 2.63 bits per heavy atom. The van der Waals surface area contributed by atoms with Gasteiger partial charge in [-0.15, -0.1) is 0 Å². The fourth-order valence-corrected chi connectivity index (χ4v) is 6.80. The SMILES string of the molecule is c1cnc2c(c1)CCCC2N(Cc1nc2ccccc2[nH]1)[C@H]1CC[C@H](NCc2c[nH]c3ccccc23)CC1. The first kappa shape index (κ1) is 23.6. The van der Waals surface area contributed by atoms with Gasteiger partial charge in [-0.05, 0) is 80.3 Å². The summed E-state index contributed by atoms with van der Waals surface area (Å²) in [6.07, 6.45) is 12.5.